The summed E-state index contributed by atoms with van der Waals surface area (Å²) in [5, 5.41) is 0.501. The van der Waals surface area contributed by atoms with Crippen molar-refractivity contribution in [1.29, 1.82) is 0 Å². The Kier molecular flexibility index (Phi) is 2.52. The Morgan fingerprint density at radius 2 is 2.17 bits per heavy atom. The normalized spacial score (nSPS) is 13.3. The van der Waals surface area contributed by atoms with Crippen LogP contribution in [0.3, 0.4) is 0 Å². The predicted molar refractivity (Wildman–Crippen MR) is 71.2 cm³/mol. The van der Waals surface area contributed by atoms with Gasteiger partial charge in [0.05, 0.1) is 5.69 Å². The van der Waals surface area contributed by atoms with E-state index in [0.29, 0.717) is 5.15 Å². The van der Waals surface area contributed by atoms with E-state index in [0.717, 1.165) is 28.9 Å². The summed E-state index contributed by atoms with van der Waals surface area (Å²) in [6.45, 7) is 1.97. The standard InChI is InChI=1S/C13H11ClN4/c1-7-8-2-3-9(10(8)6-12(14)17-7)11-4-5-16-13(15)18-11/h3-6H,2H2,1H3,(H2,15,16,18). The Bertz CT molecular complexity index is 664. The zero-order valence-electron chi connectivity index (χ0n) is 9.81. The van der Waals surface area contributed by atoms with E-state index in [1.165, 1.54) is 5.56 Å². The number of hydrogen-bond donors (Lipinski definition) is 1. The van der Waals surface area contributed by atoms with Crippen LogP contribution < -0.4 is 5.73 Å². The first-order chi connectivity index (χ1) is 8.65. The van der Waals surface area contributed by atoms with E-state index in [-0.39, 0.29) is 5.95 Å². The number of aryl methyl sites for hydroxylation is 1. The molecule has 0 unspecified atom stereocenters. The molecule has 2 aromatic heterocycles. The van der Waals surface area contributed by atoms with Crippen molar-refractivity contribution >= 4 is 23.1 Å². The summed E-state index contributed by atoms with van der Waals surface area (Å²) >= 11 is 6.02. The molecule has 0 aromatic carbocycles. The van der Waals surface area contributed by atoms with E-state index in [1.54, 1.807) is 6.20 Å². The molecule has 0 saturated heterocycles. The first-order valence-electron chi connectivity index (χ1n) is 5.60. The number of allylic oxidation sites excluding steroid dienone is 1. The van der Waals surface area contributed by atoms with Crippen LogP contribution in [0.2, 0.25) is 5.15 Å². The number of nitrogen functional groups attached to an aromatic ring is 1. The minimum absolute atomic E-state index is 0.277. The first-order valence-corrected chi connectivity index (χ1v) is 5.98. The summed E-state index contributed by atoms with van der Waals surface area (Å²) < 4.78 is 0. The van der Waals surface area contributed by atoms with Crippen LogP contribution in [-0.4, -0.2) is 15.0 Å². The number of nitrogens with zero attached hydrogens (tertiary/aromatic N) is 3. The molecule has 1 aliphatic rings. The molecular weight excluding hydrogens is 248 g/mol. The summed E-state index contributed by atoms with van der Waals surface area (Å²) in [6, 6.07) is 3.72. The largest absolute Gasteiger partial charge is 0.368 e. The maximum Gasteiger partial charge on any atom is 0.220 e. The second-order valence-corrected chi connectivity index (χ2v) is 4.57. The van der Waals surface area contributed by atoms with Gasteiger partial charge in [-0.25, -0.2) is 15.0 Å². The van der Waals surface area contributed by atoms with Crippen molar-refractivity contribution < 1.29 is 0 Å². The molecule has 0 radical (unpaired) electrons. The van der Waals surface area contributed by atoms with Crippen LogP contribution in [0.25, 0.3) is 5.57 Å². The molecule has 2 aromatic rings. The fourth-order valence-electron chi connectivity index (χ4n) is 2.24. The van der Waals surface area contributed by atoms with Gasteiger partial charge in [-0.15, -0.1) is 0 Å². The Balaban J connectivity index is 2.15. The van der Waals surface area contributed by atoms with Crippen LogP contribution in [0.15, 0.2) is 24.4 Å². The second kappa shape index (κ2) is 4.07. The highest BCUT2D eigenvalue weighted by molar-refractivity contribution is 6.29. The van der Waals surface area contributed by atoms with Crippen LogP contribution in [0, 0.1) is 6.92 Å². The van der Waals surface area contributed by atoms with E-state index in [2.05, 4.69) is 21.0 Å². The van der Waals surface area contributed by atoms with Crippen LogP contribution in [0.5, 0.6) is 0 Å². The Morgan fingerprint density at radius 3 is 2.94 bits per heavy atom. The van der Waals surface area contributed by atoms with Gasteiger partial charge in [0.25, 0.3) is 0 Å². The maximum absolute atomic E-state index is 6.02. The number of anilines is 1. The summed E-state index contributed by atoms with van der Waals surface area (Å²) in [6.07, 6.45) is 4.63. The quantitative estimate of drug-likeness (QED) is 0.798. The molecular formula is C13H11ClN4. The van der Waals surface area contributed by atoms with Crippen molar-refractivity contribution in [2.75, 3.05) is 5.73 Å². The highest BCUT2D eigenvalue weighted by Crippen LogP contribution is 2.34. The van der Waals surface area contributed by atoms with Crippen molar-refractivity contribution in [1.82, 2.24) is 15.0 Å². The molecule has 0 fully saturated rings. The van der Waals surface area contributed by atoms with Gasteiger partial charge in [-0.2, -0.15) is 0 Å². The lowest BCUT2D eigenvalue weighted by atomic mass is 10.0. The van der Waals surface area contributed by atoms with Crippen molar-refractivity contribution in [2.45, 2.75) is 13.3 Å². The van der Waals surface area contributed by atoms with Gasteiger partial charge in [0.15, 0.2) is 0 Å². The van der Waals surface area contributed by atoms with Gasteiger partial charge in [-0.05, 0) is 36.6 Å². The van der Waals surface area contributed by atoms with Gasteiger partial charge >= 0.3 is 0 Å². The van der Waals surface area contributed by atoms with Gasteiger partial charge in [-0.3, -0.25) is 0 Å². The highest BCUT2D eigenvalue weighted by atomic mass is 35.5. The molecule has 2 N–H and O–H groups in total. The van der Waals surface area contributed by atoms with Crippen molar-refractivity contribution in [3.63, 3.8) is 0 Å². The predicted octanol–water partition coefficient (Wildman–Crippen LogP) is 2.40. The van der Waals surface area contributed by atoms with Crippen LogP contribution in [-0.2, 0) is 6.42 Å². The molecule has 18 heavy (non-hydrogen) atoms. The van der Waals surface area contributed by atoms with Crippen molar-refractivity contribution in [3.8, 4) is 0 Å². The molecule has 0 amide bonds. The smallest absolute Gasteiger partial charge is 0.220 e. The summed E-state index contributed by atoms with van der Waals surface area (Å²) in [5.74, 6) is 0.277. The molecule has 5 heteroatoms. The molecule has 2 heterocycles. The fourth-order valence-corrected chi connectivity index (χ4v) is 2.48. The molecule has 0 saturated carbocycles. The third-order valence-corrected chi connectivity index (χ3v) is 3.24. The second-order valence-electron chi connectivity index (χ2n) is 4.18. The minimum atomic E-state index is 0.277. The average Bonchev–Trinajstić information content (AvgIpc) is 2.72. The van der Waals surface area contributed by atoms with Gasteiger partial charge in [0, 0.05) is 17.5 Å². The van der Waals surface area contributed by atoms with Gasteiger partial charge in [0.2, 0.25) is 5.95 Å². The Labute approximate surface area is 110 Å². The molecule has 90 valence electrons. The van der Waals surface area contributed by atoms with E-state index in [1.807, 2.05) is 19.1 Å². The summed E-state index contributed by atoms with van der Waals surface area (Å²) in [4.78, 5) is 12.4. The lowest BCUT2D eigenvalue weighted by molar-refractivity contribution is 1.11. The van der Waals surface area contributed by atoms with E-state index >= 15 is 0 Å². The number of pyridine rings is 1. The van der Waals surface area contributed by atoms with E-state index in [9.17, 15) is 0 Å². The van der Waals surface area contributed by atoms with Crippen molar-refractivity contribution in [2.24, 2.45) is 0 Å². The molecule has 3 rings (SSSR count). The average molecular weight is 259 g/mol. The van der Waals surface area contributed by atoms with Crippen molar-refractivity contribution in [3.05, 3.63) is 52.1 Å². The molecule has 0 spiro atoms. The van der Waals surface area contributed by atoms with E-state index < -0.39 is 0 Å². The zero-order chi connectivity index (χ0) is 12.7. The Hall–Kier alpha value is -1.94. The van der Waals surface area contributed by atoms with Gasteiger partial charge < -0.3 is 5.73 Å². The lowest BCUT2D eigenvalue weighted by Gasteiger charge is -2.08. The monoisotopic (exact) mass is 258 g/mol. The highest BCUT2D eigenvalue weighted by Gasteiger charge is 2.20. The van der Waals surface area contributed by atoms with Crippen LogP contribution >= 0.6 is 11.6 Å². The number of halogens is 1. The molecule has 4 nitrogen and oxygen atoms in total. The number of nitrogens with two attached hydrogens (primary N) is 1. The number of fused-ring (bicyclic) bond motifs is 1. The number of hydrogen-bond acceptors (Lipinski definition) is 4. The number of rotatable bonds is 1. The minimum Gasteiger partial charge on any atom is -0.368 e. The fraction of sp³-hybridized carbons (Fsp3) is 0.154. The third kappa shape index (κ3) is 1.75. The summed E-state index contributed by atoms with van der Waals surface area (Å²) in [7, 11) is 0. The van der Waals surface area contributed by atoms with Crippen LogP contribution in [0.4, 0.5) is 5.95 Å². The summed E-state index contributed by atoms with van der Waals surface area (Å²) in [5.41, 5.74) is 10.7. The third-order valence-electron chi connectivity index (χ3n) is 3.05. The Morgan fingerprint density at radius 1 is 1.33 bits per heavy atom. The molecule has 0 atom stereocenters. The molecule has 0 bridgehead atoms. The maximum atomic E-state index is 6.02. The zero-order valence-corrected chi connectivity index (χ0v) is 10.6. The van der Waals surface area contributed by atoms with E-state index in [4.69, 9.17) is 17.3 Å². The molecule has 1 aliphatic carbocycles. The topological polar surface area (TPSA) is 64.7 Å². The van der Waals surface area contributed by atoms with Crippen LogP contribution in [0.1, 0.15) is 22.5 Å². The number of aromatic nitrogens is 3. The first kappa shape index (κ1) is 11.2. The molecule has 0 aliphatic heterocycles. The van der Waals surface area contributed by atoms with Gasteiger partial charge in [-0.1, -0.05) is 17.7 Å². The van der Waals surface area contributed by atoms with Gasteiger partial charge in [0.1, 0.15) is 5.15 Å². The lowest BCUT2D eigenvalue weighted by Crippen LogP contribution is -1.99. The SMILES string of the molecule is Cc1nc(Cl)cc2c1CC=C2c1ccnc(N)n1.